The smallest absolute Gasteiger partial charge is 0.343 e. The molecule has 1 aliphatic rings. The van der Waals surface area contributed by atoms with Gasteiger partial charge in [0.2, 0.25) is 0 Å². The average molecular weight is 316 g/mol. The van der Waals surface area contributed by atoms with Crippen molar-refractivity contribution in [2.75, 3.05) is 0 Å². The maximum Gasteiger partial charge on any atom is 0.343 e. The maximum absolute atomic E-state index is 12.4. The molecular weight excluding hydrogens is 300 g/mol. The summed E-state index contributed by atoms with van der Waals surface area (Å²) in [5.74, 6) is 1.67. The molecule has 0 saturated carbocycles. The van der Waals surface area contributed by atoms with Gasteiger partial charge in [-0.05, 0) is 18.6 Å². The lowest BCUT2D eigenvalue weighted by atomic mass is 9.89. The minimum atomic E-state index is -0.345. The summed E-state index contributed by atoms with van der Waals surface area (Å²) in [6.45, 7) is 1.75. The zero-order valence-electron chi connectivity index (χ0n) is 13.2. The lowest BCUT2D eigenvalue weighted by Crippen LogP contribution is -2.19. The Morgan fingerprint density at radius 3 is 2.29 bits per heavy atom. The van der Waals surface area contributed by atoms with Crippen molar-refractivity contribution in [1.82, 2.24) is 0 Å². The highest BCUT2D eigenvalue weighted by Gasteiger charge is 2.28. The van der Waals surface area contributed by atoms with Crippen LogP contribution in [0.2, 0.25) is 0 Å². The highest BCUT2D eigenvalue weighted by atomic mass is 16.5. The first kappa shape index (κ1) is 14.5. The number of rotatable bonds is 2. The zero-order chi connectivity index (χ0) is 16.5. The highest BCUT2D eigenvalue weighted by Crippen LogP contribution is 2.39. The number of fused-ring (bicyclic) bond motifs is 1. The summed E-state index contributed by atoms with van der Waals surface area (Å²) in [5, 5.41) is 0. The Balaban J connectivity index is 1.92. The van der Waals surface area contributed by atoms with Gasteiger partial charge in [0.15, 0.2) is 0 Å². The predicted octanol–water partition coefficient (Wildman–Crippen LogP) is 4.51. The fourth-order valence-corrected chi connectivity index (χ4v) is 3.03. The number of aryl methyl sites for hydroxylation is 1. The molecular formula is C21H16O3. The van der Waals surface area contributed by atoms with Crippen molar-refractivity contribution < 1.29 is 9.15 Å². The van der Waals surface area contributed by atoms with E-state index in [0.717, 1.165) is 16.9 Å². The van der Waals surface area contributed by atoms with Crippen LogP contribution in [0.4, 0.5) is 0 Å². The van der Waals surface area contributed by atoms with Gasteiger partial charge in [-0.1, -0.05) is 60.7 Å². The molecule has 2 aromatic carbocycles. The second-order valence-electron chi connectivity index (χ2n) is 5.81. The first-order valence-electron chi connectivity index (χ1n) is 7.87. The van der Waals surface area contributed by atoms with Gasteiger partial charge in [0, 0.05) is 17.5 Å². The predicted molar refractivity (Wildman–Crippen MR) is 93.0 cm³/mol. The molecule has 1 unspecified atom stereocenters. The van der Waals surface area contributed by atoms with Gasteiger partial charge in [0.25, 0.3) is 0 Å². The molecule has 0 spiro atoms. The van der Waals surface area contributed by atoms with E-state index in [2.05, 4.69) is 0 Å². The monoisotopic (exact) mass is 316 g/mol. The van der Waals surface area contributed by atoms with E-state index < -0.39 is 0 Å². The Bertz CT molecular complexity index is 953. The molecule has 0 fully saturated rings. The van der Waals surface area contributed by atoms with Crippen molar-refractivity contribution in [3.05, 3.63) is 106 Å². The summed E-state index contributed by atoms with van der Waals surface area (Å²) in [7, 11) is 0. The third kappa shape index (κ3) is 2.54. The van der Waals surface area contributed by atoms with Crippen LogP contribution >= 0.6 is 0 Å². The standard InChI is InChI=1S/C21H16O3/c1-14-12-19-20(21(22)23-14)17(15-8-4-2-5-9-15)13-18(24-19)16-10-6-3-7-11-16/h2-13,17H,1H3. The molecule has 118 valence electrons. The molecule has 0 radical (unpaired) electrons. The number of allylic oxidation sites excluding steroid dienone is 1. The van der Waals surface area contributed by atoms with Crippen LogP contribution in [0.25, 0.3) is 5.76 Å². The molecule has 3 aromatic rings. The SMILES string of the molecule is Cc1cc2c(c(=O)o1)C(c1ccccc1)C=C(c1ccccc1)O2. The molecule has 0 saturated heterocycles. The van der Waals surface area contributed by atoms with E-state index >= 15 is 0 Å². The van der Waals surface area contributed by atoms with E-state index in [1.165, 1.54) is 0 Å². The quantitative estimate of drug-likeness (QED) is 0.698. The molecule has 1 aromatic heterocycles. The van der Waals surface area contributed by atoms with E-state index in [0.29, 0.717) is 17.1 Å². The average Bonchev–Trinajstić information content (AvgIpc) is 2.62. The van der Waals surface area contributed by atoms with Crippen LogP contribution in [0, 0.1) is 6.92 Å². The molecule has 0 bridgehead atoms. The third-order valence-electron chi connectivity index (χ3n) is 4.14. The Labute approximate surface area is 139 Å². The molecule has 1 aliphatic heterocycles. The second kappa shape index (κ2) is 5.85. The molecule has 0 N–H and O–H groups in total. The number of hydrogen-bond donors (Lipinski definition) is 0. The van der Waals surface area contributed by atoms with Gasteiger partial charge in [0.05, 0.1) is 5.56 Å². The van der Waals surface area contributed by atoms with Crippen molar-refractivity contribution in [2.45, 2.75) is 12.8 Å². The first-order valence-corrected chi connectivity index (χ1v) is 7.87. The van der Waals surface area contributed by atoms with Crippen LogP contribution < -0.4 is 10.4 Å². The number of benzene rings is 2. The Morgan fingerprint density at radius 1 is 0.917 bits per heavy atom. The minimum absolute atomic E-state index is 0.193. The van der Waals surface area contributed by atoms with Crippen molar-refractivity contribution in [3.8, 4) is 5.75 Å². The van der Waals surface area contributed by atoms with Crippen LogP contribution in [0.15, 0.2) is 82.0 Å². The largest absolute Gasteiger partial charge is 0.456 e. The van der Waals surface area contributed by atoms with Gasteiger partial charge in [-0.15, -0.1) is 0 Å². The first-order chi connectivity index (χ1) is 11.7. The molecule has 4 rings (SSSR count). The highest BCUT2D eigenvalue weighted by molar-refractivity contribution is 5.68. The van der Waals surface area contributed by atoms with Gasteiger partial charge in [-0.25, -0.2) is 4.79 Å². The van der Waals surface area contributed by atoms with Gasteiger partial charge >= 0.3 is 5.63 Å². The zero-order valence-corrected chi connectivity index (χ0v) is 13.2. The van der Waals surface area contributed by atoms with Crippen molar-refractivity contribution >= 4 is 5.76 Å². The molecule has 2 heterocycles. The fraction of sp³-hybridized carbons (Fsp3) is 0.0952. The Kier molecular flexibility index (Phi) is 3.54. The van der Waals surface area contributed by atoms with Gasteiger partial charge < -0.3 is 9.15 Å². The van der Waals surface area contributed by atoms with E-state index in [4.69, 9.17) is 9.15 Å². The van der Waals surface area contributed by atoms with E-state index in [9.17, 15) is 4.79 Å². The Hall–Kier alpha value is -3.07. The van der Waals surface area contributed by atoms with E-state index in [-0.39, 0.29) is 11.5 Å². The van der Waals surface area contributed by atoms with Crippen LogP contribution in [0.1, 0.15) is 28.4 Å². The summed E-state index contributed by atoms with van der Waals surface area (Å²) in [6, 6.07) is 21.6. The molecule has 0 amide bonds. The third-order valence-corrected chi connectivity index (χ3v) is 4.14. The Morgan fingerprint density at radius 2 is 1.58 bits per heavy atom. The molecule has 3 nitrogen and oxygen atoms in total. The van der Waals surface area contributed by atoms with Crippen molar-refractivity contribution in [1.29, 1.82) is 0 Å². The fourth-order valence-electron chi connectivity index (χ4n) is 3.03. The molecule has 1 atom stereocenters. The van der Waals surface area contributed by atoms with Crippen molar-refractivity contribution in [3.63, 3.8) is 0 Å². The second-order valence-corrected chi connectivity index (χ2v) is 5.81. The summed E-state index contributed by atoms with van der Waals surface area (Å²) in [4.78, 5) is 12.4. The van der Waals surface area contributed by atoms with Crippen molar-refractivity contribution in [2.24, 2.45) is 0 Å². The van der Waals surface area contributed by atoms with Crippen LogP contribution in [-0.4, -0.2) is 0 Å². The van der Waals surface area contributed by atoms with E-state index in [1.807, 2.05) is 66.7 Å². The normalized spacial score (nSPS) is 16.0. The summed E-state index contributed by atoms with van der Waals surface area (Å²) in [5.41, 5.74) is 2.22. The van der Waals surface area contributed by atoms with Gasteiger partial charge in [-0.3, -0.25) is 0 Å². The number of ether oxygens (including phenoxy) is 1. The maximum atomic E-state index is 12.4. The lowest BCUT2D eigenvalue weighted by molar-refractivity contribution is 0.431. The topological polar surface area (TPSA) is 39.4 Å². The molecule has 24 heavy (non-hydrogen) atoms. The van der Waals surface area contributed by atoms with Crippen LogP contribution in [-0.2, 0) is 0 Å². The lowest BCUT2D eigenvalue weighted by Gasteiger charge is -2.24. The van der Waals surface area contributed by atoms with Crippen LogP contribution in [0.3, 0.4) is 0 Å². The molecule has 0 aliphatic carbocycles. The minimum Gasteiger partial charge on any atom is -0.456 e. The summed E-state index contributed by atoms with van der Waals surface area (Å²) in [6.07, 6.45) is 1.99. The molecule has 3 heteroatoms. The summed E-state index contributed by atoms with van der Waals surface area (Å²) < 4.78 is 11.3. The van der Waals surface area contributed by atoms with Gasteiger partial charge in [-0.2, -0.15) is 0 Å². The van der Waals surface area contributed by atoms with E-state index in [1.54, 1.807) is 13.0 Å². The van der Waals surface area contributed by atoms with Gasteiger partial charge in [0.1, 0.15) is 17.3 Å². The summed E-state index contributed by atoms with van der Waals surface area (Å²) >= 11 is 0. The number of hydrogen-bond acceptors (Lipinski definition) is 3. The van der Waals surface area contributed by atoms with Crippen LogP contribution in [0.5, 0.6) is 5.75 Å².